The minimum Gasteiger partial charge on any atom is -0.452 e. The fraction of sp³-hybridized carbons (Fsp3) is 0.300. The van der Waals surface area contributed by atoms with Crippen LogP contribution in [0.5, 0.6) is 5.75 Å². The van der Waals surface area contributed by atoms with Gasteiger partial charge >= 0.3 is 12.6 Å². The quantitative estimate of drug-likeness (QED) is 0.713. The first-order valence-electron chi connectivity index (χ1n) is 8.96. The second-order valence-corrected chi connectivity index (χ2v) is 6.14. The molecule has 0 aliphatic carbocycles. The number of ether oxygens (including phenoxy) is 3. The molecule has 1 N–H and O–H groups in total. The summed E-state index contributed by atoms with van der Waals surface area (Å²) in [6.07, 6.45) is 0. The molecule has 7 nitrogen and oxygen atoms in total. The Labute approximate surface area is 166 Å². The highest BCUT2D eigenvalue weighted by atomic mass is 19.3. The zero-order valence-electron chi connectivity index (χ0n) is 15.5. The van der Waals surface area contributed by atoms with E-state index >= 15 is 0 Å². The Balaban J connectivity index is 1.61. The molecule has 1 saturated heterocycles. The summed E-state index contributed by atoms with van der Waals surface area (Å²) in [6, 6.07) is 12.5. The zero-order chi connectivity index (χ0) is 20.6. The van der Waals surface area contributed by atoms with Crippen molar-refractivity contribution in [2.24, 2.45) is 0 Å². The van der Waals surface area contributed by atoms with E-state index in [4.69, 9.17) is 9.47 Å². The third-order valence-electron chi connectivity index (χ3n) is 4.20. The van der Waals surface area contributed by atoms with Gasteiger partial charge < -0.3 is 24.4 Å². The van der Waals surface area contributed by atoms with E-state index in [1.165, 1.54) is 12.1 Å². The monoisotopic (exact) mass is 406 g/mol. The molecule has 3 rings (SSSR count). The standard InChI is InChI=1S/C20H20F2N2O5/c21-20(22)29-15-7-5-14(6-8-15)23-17-4-2-1-3-16(17)19(26)28-13-18(25)24-9-11-27-12-10-24/h1-8,20,23H,9-13H2. The van der Waals surface area contributed by atoms with Gasteiger partial charge in [-0.15, -0.1) is 0 Å². The number of carbonyl (C=O) groups is 2. The Morgan fingerprint density at radius 3 is 2.45 bits per heavy atom. The Morgan fingerprint density at radius 1 is 1.07 bits per heavy atom. The number of benzene rings is 2. The normalized spacial score (nSPS) is 13.8. The van der Waals surface area contributed by atoms with Crippen LogP contribution in [-0.2, 0) is 14.3 Å². The highest BCUT2D eigenvalue weighted by Crippen LogP contribution is 2.24. The molecule has 2 aromatic carbocycles. The molecule has 1 fully saturated rings. The van der Waals surface area contributed by atoms with Crippen molar-refractivity contribution in [1.82, 2.24) is 4.90 Å². The van der Waals surface area contributed by atoms with Crippen molar-refractivity contribution in [1.29, 1.82) is 0 Å². The lowest BCUT2D eigenvalue weighted by atomic mass is 10.1. The second kappa shape index (κ2) is 9.83. The van der Waals surface area contributed by atoms with Crippen LogP contribution in [0.4, 0.5) is 20.2 Å². The lowest BCUT2D eigenvalue weighted by Gasteiger charge is -2.26. The van der Waals surface area contributed by atoms with Gasteiger partial charge in [0.15, 0.2) is 6.61 Å². The first kappa shape index (κ1) is 20.5. The minimum absolute atomic E-state index is 0.0277. The molecule has 1 aliphatic rings. The molecule has 154 valence electrons. The van der Waals surface area contributed by atoms with Crippen LogP contribution in [0, 0.1) is 0 Å². The molecule has 0 radical (unpaired) electrons. The molecule has 0 spiro atoms. The molecule has 0 bridgehead atoms. The third kappa shape index (κ3) is 5.89. The number of hydrogen-bond acceptors (Lipinski definition) is 6. The topological polar surface area (TPSA) is 77.1 Å². The summed E-state index contributed by atoms with van der Waals surface area (Å²) in [5.74, 6) is -0.894. The highest BCUT2D eigenvalue weighted by Gasteiger charge is 2.20. The van der Waals surface area contributed by atoms with Gasteiger partial charge in [0.2, 0.25) is 0 Å². The molecule has 1 heterocycles. The largest absolute Gasteiger partial charge is 0.452 e. The number of morpholine rings is 1. The maximum absolute atomic E-state index is 12.5. The molecule has 1 aliphatic heterocycles. The summed E-state index contributed by atoms with van der Waals surface area (Å²) in [4.78, 5) is 26.2. The van der Waals surface area contributed by atoms with Gasteiger partial charge in [0.25, 0.3) is 5.91 Å². The fourth-order valence-electron chi connectivity index (χ4n) is 2.75. The van der Waals surface area contributed by atoms with Gasteiger partial charge in [0.1, 0.15) is 5.75 Å². The van der Waals surface area contributed by atoms with Gasteiger partial charge in [-0.1, -0.05) is 12.1 Å². The van der Waals surface area contributed by atoms with Crippen LogP contribution in [0.2, 0.25) is 0 Å². The predicted octanol–water partition coefficient (Wildman–Crippen LogP) is 3.05. The average molecular weight is 406 g/mol. The summed E-state index contributed by atoms with van der Waals surface area (Å²) in [5.41, 5.74) is 1.27. The van der Waals surface area contributed by atoms with Crippen molar-refractivity contribution in [3.8, 4) is 5.75 Å². The molecule has 0 aromatic heterocycles. The first-order chi connectivity index (χ1) is 14.0. The Bertz CT molecular complexity index is 839. The SMILES string of the molecule is O=C(OCC(=O)N1CCOCC1)c1ccccc1Nc1ccc(OC(F)F)cc1. The maximum Gasteiger partial charge on any atom is 0.387 e. The molecule has 9 heteroatoms. The van der Waals surface area contributed by atoms with Gasteiger partial charge in [-0.3, -0.25) is 4.79 Å². The van der Waals surface area contributed by atoms with E-state index in [0.29, 0.717) is 37.7 Å². The number of esters is 1. The second-order valence-electron chi connectivity index (χ2n) is 6.14. The lowest BCUT2D eigenvalue weighted by molar-refractivity contribution is -0.138. The van der Waals surface area contributed by atoms with Crippen LogP contribution in [0.3, 0.4) is 0 Å². The zero-order valence-corrected chi connectivity index (χ0v) is 15.5. The van der Waals surface area contributed by atoms with Gasteiger partial charge in [-0.05, 0) is 36.4 Å². The fourth-order valence-corrected chi connectivity index (χ4v) is 2.75. The summed E-state index contributed by atoms with van der Waals surface area (Å²) < 4.78 is 39.1. The average Bonchev–Trinajstić information content (AvgIpc) is 2.74. The van der Waals surface area contributed by atoms with E-state index in [0.717, 1.165) is 0 Å². The van der Waals surface area contributed by atoms with Crippen LogP contribution in [0.1, 0.15) is 10.4 Å². The molecule has 2 aromatic rings. The molecular weight excluding hydrogens is 386 g/mol. The Morgan fingerprint density at radius 2 is 1.76 bits per heavy atom. The minimum atomic E-state index is -2.90. The number of nitrogens with zero attached hydrogens (tertiary/aromatic N) is 1. The first-order valence-corrected chi connectivity index (χ1v) is 8.96. The van der Waals surface area contributed by atoms with Crippen LogP contribution >= 0.6 is 0 Å². The van der Waals surface area contributed by atoms with Gasteiger partial charge in [0, 0.05) is 18.8 Å². The van der Waals surface area contributed by atoms with Crippen molar-refractivity contribution in [3.63, 3.8) is 0 Å². The molecular formula is C20H20F2N2O5. The van der Waals surface area contributed by atoms with Crippen LogP contribution in [0.25, 0.3) is 0 Å². The smallest absolute Gasteiger partial charge is 0.387 e. The number of hydrogen-bond donors (Lipinski definition) is 1. The van der Waals surface area contributed by atoms with Crippen molar-refractivity contribution < 1.29 is 32.6 Å². The van der Waals surface area contributed by atoms with E-state index in [-0.39, 0.29) is 23.8 Å². The van der Waals surface area contributed by atoms with E-state index < -0.39 is 12.6 Å². The predicted molar refractivity (Wildman–Crippen MR) is 100 cm³/mol. The lowest BCUT2D eigenvalue weighted by Crippen LogP contribution is -2.42. The summed E-state index contributed by atoms with van der Waals surface area (Å²) in [7, 11) is 0. The van der Waals surface area contributed by atoms with E-state index in [1.54, 1.807) is 41.3 Å². The number of amides is 1. The van der Waals surface area contributed by atoms with Crippen LogP contribution in [0.15, 0.2) is 48.5 Å². The Kier molecular flexibility index (Phi) is 6.96. The number of para-hydroxylation sites is 1. The van der Waals surface area contributed by atoms with Gasteiger partial charge in [-0.25, -0.2) is 4.79 Å². The molecule has 0 atom stereocenters. The van der Waals surface area contributed by atoms with Gasteiger partial charge in [0.05, 0.1) is 24.5 Å². The van der Waals surface area contributed by atoms with Crippen molar-refractivity contribution >= 4 is 23.3 Å². The van der Waals surface area contributed by atoms with Crippen molar-refractivity contribution in [2.75, 3.05) is 38.2 Å². The number of carbonyl (C=O) groups excluding carboxylic acids is 2. The molecule has 0 saturated carbocycles. The van der Waals surface area contributed by atoms with Gasteiger partial charge in [-0.2, -0.15) is 8.78 Å². The van der Waals surface area contributed by atoms with E-state index in [1.807, 2.05) is 0 Å². The van der Waals surface area contributed by atoms with E-state index in [9.17, 15) is 18.4 Å². The maximum atomic E-state index is 12.5. The number of nitrogens with one attached hydrogen (secondary N) is 1. The number of alkyl halides is 2. The molecule has 29 heavy (non-hydrogen) atoms. The summed E-state index contributed by atoms with van der Waals surface area (Å²) >= 11 is 0. The van der Waals surface area contributed by atoms with E-state index in [2.05, 4.69) is 10.1 Å². The third-order valence-corrected chi connectivity index (χ3v) is 4.20. The number of anilines is 2. The molecule has 1 amide bonds. The van der Waals surface area contributed by atoms with Crippen molar-refractivity contribution in [3.05, 3.63) is 54.1 Å². The van der Waals surface area contributed by atoms with Crippen molar-refractivity contribution in [2.45, 2.75) is 6.61 Å². The number of rotatable bonds is 7. The summed E-state index contributed by atoms with van der Waals surface area (Å²) in [6.45, 7) is -1.38. The van der Waals surface area contributed by atoms with Crippen LogP contribution in [-0.4, -0.2) is 56.3 Å². The molecule has 0 unspecified atom stereocenters. The number of halogens is 2. The van der Waals surface area contributed by atoms with Crippen LogP contribution < -0.4 is 10.1 Å². The Hall–Kier alpha value is -3.20. The summed E-state index contributed by atoms with van der Waals surface area (Å²) in [5, 5.41) is 3.03. The highest BCUT2D eigenvalue weighted by molar-refractivity contribution is 5.97.